The number of rotatable bonds is 7. The average Bonchev–Trinajstić information content (AvgIpc) is 2.58. The lowest BCUT2D eigenvalue weighted by Gasteiger charge is -2.27. The molecule has 2 N–H and O–H groups in total. The SMILES string of the molecule is COC[C@H](c1ccccc1)N(N)C(=O)CCc1ccccc1. The van der Waals surface area contributed by atoms with Gasteiger partial charge in [0.15, 0.2) is 0 Å². The summed E-state index contributed by atoms with van der Waals surface area (Å²) in [5.74, 6) is 5.96. The summed E-state index contributed by atoms with van der Waals surface area (Å²) >= 11 is 0. The Kier molecular flexibility index (Phi) is 6.13. The molecule has 0 spiro atoms. The van der Waals surface area contributed by atoms with Crippen LogP contribution in [-0.4, -0.2) is 24.6 Å². The van der Waals surface area contributed by atoms with E-state index in [-0.39, 0.29) is 11.9 Å². The Morgan fingerprint density at radius 2 is 1.68 bits per heavy atom. The first-order valence-electron chi connectivity index (χ1n) is 7.37. The van der Waals surface area contributed by atoms with Crippen molar-refractivity contribution < 1.29 is 9.53 Å². The zero-order valence-electron chi connectivity index (χ0n) is 12.8. The van der Waals surface area contributed by atoms with Crippen molar-refractivity contribution in [3.63, 3.8) is 0 Å². The summed E-state index contributed by atoms with van der Waals surface area (Å²) < 4.78 is 5.22. The number of benzene rings is 2. The summed E-state index contributed by atoms with van der Waals surface area (Å²) in [6.45, 7) is 0.373. The number of methoxy groups -OCH3 is 1. The second-order valence-corrected chi connectivity index (χ2v) is 5.17. The lowest BCUT2D eigenvalue weighted by atomic mass is 10.1. The van der Waals surface area contributed by atoms with Crippen molar-refractivity contribution in [1.82, 2.24) is 5.01 Å². The van der Waals surface area contributed by atoms with Crippen LogP contribution in [-0.2, 0) is 16.0 Å². The fraction of sp³-hybridized carbons (Fsp3) is 0.278. The van der Waals surface area contributed by atoms with Gasteiger partial charge in [0.1, 0.15) is 0 Å². The molecule has 1 amide bonds. The number of nitrogens with zero attached hydrogens (tertiary/aromatic N) is 1. The van der Waals surface area contributed by atoms with Gasteiger partial charge >= 0.3 is 0 Å². The van der Waals surface area contributed by atoms with Crippen molar-refractivity contribution in [3.8, 4) is 0 Å². The Morgan fingerprint density at radius 3 is 2.27 bits per heavy atom. The number of aryl methyl sites for hydroxylation is 1. The van der Waals surface area contributed by atoms with E-state index in [1.165, 1.54) is 5.01 Å². The molecular formula is C18H22N2O2. The maximum atomic E-state index is 12.4. The maximum absolute atomic E-state index is 12.4. The second-order valence-electron chi connectivity index (χ2n) is 5.17. The molecule has 0 saturated heterocycles. The first-order chi connectivity index (χ1) is 10.7. The van der Waals surface area contributed by atoms with Gasteiger partial charge in [-0.25, -0.2) is 5.84 Å². The van der Waals surface area contributed by atoms with Crippen LogP contribution in [0.4, 0.5) is 0 Å². The Hall–Kier alpha value is -2.17. The van der Waals surface area contributed by atoms with Crippen molar-refractivity contribution in [2.45, 2.75) is 18.9 Å². The first-order valence-corrected chi connectivity index (χ1v) is 7.37. The molecule has 4 nitrogen and oxygen atoms in total. The molecule has 0 saturated carbocycles. The Bertz CT molecular complexity index is 572. The minimum absolute atomic E-state index is 0.0882. The number of carbonyl (C=O) groups excluding carboxylic acids is 1. The topological polar surface area (TPSA) is 55.6 Å². The highest BCUT2D eigenvalue weighted by molar-refractivity contribution is 5.76. The molecule has 2 aromatic rings. The Labute approximate surface area is 131 Å². The van der Waals surface area contributed by atoms with Crippen molar-refractivity contribution in [1.29, 1.82) is 0 Å². The zero-order chi connectivity index (χ0) is 15.8. The molecule has 0 unspecified atom stereocenters. The van der Waals surface area contributed by atoms with Crippen LogP contribution in [0, 0.1) is 0 Å². The van der Waals surface area contributed by atoms with Gasteiger partial charge < -0.3 is 4.74 Å². The summed E-state index contributed by atoms with van der Waals surface area (Å²) in [6.07, 6.45) is 1.06. The van der Waals surface area contributed by atoms with Crippen LogP contribution in [0.25, 0.3) is 0 Å². The third kappa shape index (κ3) is 4.41. The minimum Gasteiger partial charge on any atom is -0.382 e. The molecule has 2 aromatic carbocycles. The van der Waals surface area contributed by atoms with Crippen LogP contribution in [0.5, 0.6) is 0 Å². The van der Waals surface area contributed by atoms with E-state index in [9.17, 15) is 4.79 Å². The number of carbonyl (C=O) groups is 1. The van der Waals surface area contributed by atoms with Crippen LogP contribution in [0.3, 0.4) is 0 Å². The summed E-state index contributed by atoms with van der Waals surface area (Å²) in [7, 11) is 1.61. The number of hydrazine groups is 1. The molecule has 0 fully saturated rings. The highest BCUT2D eigenvalue weighted by atomic mass is 16.5. The molecule has 0 aliphatic carbocycles. The molecule has 0 aromatic heterocycles. The van der Waals surface area contributed by atoms with Gasteiger partial charge in [-0.2, -0.15) is 0 Å². The molecular weight excluding hydrogens is 276 g/mol. The second kappa shape index (κ2) is 8.32. The lowest BCUT2D eigenvalue weighted by molar-refractivity contribution is -0.135. The van der Waals surface area contributed by atoms with E-state index >= 15 is 0 Å². The van der Waals surface area contributed by atoms with Crippen molar-refractivity contribution >= 4 is 5.91 Å². The van der Waals surface area contributed by atoms with Gasteiger partial charge in [0.05, 0.1) is 12.6 Å². The minimum atomic E-state index is -0.269. The van der Waals surface area contributed by atoms with Gasteiger partial charge in [-0.1, -0.05) is 60.7 Å². The van der Waals surface area contributed by atoms with E-state index in [2.05, 4.69) is 0 Å². The molecule has 0 heterocycles. The normalized spacial score (nSPS) is 11.9. The highest BCUT2D eigenvalue weighted by Gasteiger charge is 2.22. The number of hydrogen-bond acceptors (Lipinski definition) is 3. The van der Waals surface area contributed by atoms with E-state index in [0.717, 1.165) is 11.1 Å². The lowest BCUT2D eigenvalue weighted by Crippen LogP contribution is -2.42. The van der Waals surface area contributed by atoms with E-state index in [0.29, 0.717) is 19.4 Å². The van der Waals surface area contributed by atoms with Gasteiger partial charge in [0, 0.05) is 13.5 Å². The Morgan fingerprint density at radius 1 is 1.09 bits per heavy atom. The third-order valence-electron chi connectivity index (χ3n) is 3.60. The Balaban J connectivity index is 2.00. The number of hydrogen-bond donors (Lipinski definition) is 1. The predicted octanol–water partition coefficient (Wildman–Crippen LogP) is 2.71. The fourth-order valence-corrected chi connectivity index (χ4v) is 2.37. The molecule has 116 valence electrons. The summed E-state index contributed by atoms with van der Waals surface area (Å²) in [5, 5.41) is 1.29. The molecule has 2 rings (SSSR count). The van der Waals surface area contributed by atoms with E-state index in [4.69, 9.17) is 10.6 Å². The molecule has 0 bridgehead atoms. The van der Waals surface area contributed by atoms with Crippen molar-refractivity contribution in [2.75, 3.05) is 13.7 Å². The molecule has 0 radical (unpaired) electrons. The molecule has 0 aliphatic rings. The maximum Gasteiger partial charge on any atom is 0.237 e. The van der Waals surface area contributed by atoms with Gasteiger partial charge in [-0.3, -0.25) is 9.80 Å². The van der Waals surface area contributed by atoms with E-state index in [1.54, 1.807) is 7.11 Å². The smallest absolute Gasteiger partial charge is 0.237 e. The standard InChI is InChI=1S/C18H22N2O2/c1-22-14-17(16-10-6-3-7-11-16)20(19)18(21)13-12-15-8-4-2-5-9-15/h2-11,17H,12-14,19H2,1H3/t17-/m1/s1. The third-order valence-corrected chi connectivity index (χ3v) is 3.60. The average molecular weight is 298 g/mol. The first kappa shape index (κ1) is 16.2. The number of ether oxygens (including phenoxy) is 1. The van der Waals surface area contributed by atoms with Gasteiger partial charge in [-0.05, 0) is 17.5 Å². The van der Waals surface area contributed by atoms with E-state index in [1.807, 2.05) is 60.7 Å². The number of amides is 1. The monoisotopic (exact) mass is 298 g/mol. The fourth-order valence-electron chi connectivity index (χ4n) is 2.37. The molecule has 1 atom stereocenters. The predicted molar refractivity (Wildman–Crippen MR) is 86.9 cm³/mol. The van der Waals surface area contributed by atoms with Gasteiger partial charge in [0.25, 0.3) is 0 Å². The number of nitrogens with two attached hydrogens (primary N) is 1. The summed E-state index contributed by atoms with van der Waals surface area (Å²) in [5.41, 5.74) is 2.10. The summed E-state index contributed by atoms with van der Waals surface area (Å²) in [6, 6.07) is 19.4. The van der Waals surface area contributed by atoms with Crippen LogP contribution >= 0.6 is 0 Å². The van der Waals surface area contributed by atoms with Gasteiger partial charge in [0.2, 0.25) is 5.91 Å². The quantitative estimate of drug-likeness (QED) is 0.486. The molecule has 22 heavy (non-hydrogen) atoms. The van der Waals surface area contributed by atoms with Crippen molar-refractivity contribution in [2.24, 2.45) is 5.84 Å². The van der Waals surface area contributed by atoms with Crippen LogP contribution in [0.1, 0.15) is 23.6 Å². The van der Waals surface area contributed by atoms with Crippen molar-refractivity contribution in [3.05, 3.63) is 71.8 Å². The van der Waals surface area contributed by atoms with Gasteiger partial charge in [-0.15, -0.1) is 0 Å². The van der Waals surface area contributed by atoms with E-state index < -0.39 is 0 Å². The van der Waals surface area contributed by atoms with Crippen LogP contribution < -0.4 is 5.84 Å². The van der Waals surface area contributed by atoms with Crippen LogP contribution in [0.2, 0.25) is 0 Å². The molecule has 4 heteroatoms. The highest BCUT2D eigenvalue weighted by Crippen LogP contribution is 2.19. The summed E-state index contributed by atoms with van der Waals surface area (Å²) in [4.78, 5) is 12.4. The van der Waals surface area contributed by atoms with Crippen LogP contribution in [0.15, 0.2) is 60.7 Å². The zero-order valence-corrected chi connectivity index (χ0v) is 12.8. The largest absolute Gasteiger partial charge is 0.382 e. The molecule has 0 aliphatic heterocycles.